The molecular formula is C13H16FNO4S. The maximum absolute atomic E-state index is 13.3. The molecule has 1 aromatic carbocycles. The average molecular weight is 301 g/mol. The van der Waals surface area contributed by atoms with Gasteiger partial charge in [-0.1, -0.05) is 0 Å². The molecule has 1 N–H and O–H groups in total. The lowest BCUT2D eigenvalue weighted by Crippen LogP contribution is -2.35. The highest BCUT2D eigenvalue weighted by molar-refractivity contribution is 7.91. The van der Waals surface area contributed by atoms with Gasteiger partial charge in [0, 0.05) is 6.04 Å². The van der Waals surface area contributed by atoms with Gasteiger partial charge < -0.3 is 10.1 Å². The van der Waals surface area contributed by atoms with E-state index in [0.29, 0.717) is 12.8 Å². The molecule has 1 atom stereocenters. The zero-order valence-electron chi connectivity index (χ0n) is 11.1. The van der Waals surface area contributed by atoms with Gasteiger partial charge in [-0.2, -0.15) is 0 Å². The highest BCUT2D eigenvalue weighted by Gasteiger charge is 2.26. The molecule has 0 radical (unpaired) electrons. The molecule has 1 saturated heterocycles. The molecule has 7 heteroatoms. The normalized spacial score (nSPS) is 21.2. The number of anilines is 1. The van der Waals surface area contributed by atoms with Crippen LogP contribution in [0.5, 0.6) is 0 Å². The van der Waals surface area contributed by atoms with Gasteiger partial charge >= 0.3 is 5.97 Å². The Balaban J connectivity index is 2.24. The van der Waals surface area contributed by atoms with Crippen LogP contribution in [0.2, 0.25) is 0 Å². The van der Waals surface area contributed by atoms with E-state index in [4.69, 9.17) is 0 Å². The topological polar surface area (TPSA) is 72.5 Å². The number of ether oxygens (including phenoxy) is 1. The van der Waals surface area contributed by atoms with Gasteiger partial charge in [-0.05, 0) is 31.0 Å². The number of esters is 1. The van der Waals surface area contributed by atoms with Gasteiger partial charge in [-0.25, -0.2) is 17.6 Å². The number of hydrogen-bond acceptors (Lipinski definition) is 5. The highest BCUT2D eigenvalue weighted by atomic mass is 32.2. The summed E-state index contributed by atoms with van der Waals surface area (Å²) in [4.78, 5) is 11.6. The van der Waals surface area contributed by atoms with Crippen LogP contribution >= 0.6 is 0 Å². The summed E-state index contributed by atoms with van der Waals surface area (Å²) < 4.78 is 41.1. The van der Waals surface area contributed by atoms with Crippen LogP contribution in [0, 0.1) is 5.82 Å². The molecule has 0 spiro atoms. The van der Waals surface area contributed by atoms with Gasteiger partial charge in [-0.15, -0.1) is 0 Å². The zero-order chi connectivity index (χ0) is 14.8. The van der Waals surface area contributed by atoms with Crippen molar-refractivity contribution in [1.82, 2.24) is 0 Å². The second-order valence-corrected chi connectivity index (χ2v) is 7.01. The first kappa shape index (κ1) is 14.8. The molecule has 110 valence electrons. The van der Waals surface area contributed by atoms with Crippen molar-refractivity contribution in [1.29, 1.82) is 0 Å². The lowest BCUT2D eigenvalue weighted by atomic mass is 10.1. The van der Waals surface area contributed by atoms with Crippen LogP contribution in [-0.4, -0.2) is 39.0 Å². The zero-order valence-corrected chi connectivity index (χ0v) is 11.9. The summed E-state index contributed by atoms with van der Waals surface area (Å²) in [7, 11) is -1.84. The van der Waals surface area contributed by atoms with Gasteiger partial charge in [-0.3, -0.25) is 0 Å². The lowest BCUT2D eigenvalue weighted by molar-refractivity contribution is 0.0601. The van der Waals surface area contributed by atoms with E-state index >= 15 is 0 Å². The molecular weight excluding hydrogens is 285 g/mol. The summed E-state index contributed by atoms with van der Waals surface area (Å²) in [6, 6.07) is 3.34. The first-order valence-electron chi connectivity index (χ1n) is 6.26. The van der Waals surface area contributed by atoms with Crippen LogP contribution in [-0.2, 0) is 14.6 Å². The van der Waals surface area contributed by atoms with Crippen LogP contribution in [0.1, 0.15) is 23.2 Å². The summed E-state index contributed by atoms with van der Waals surface area (Å²) >= 11 is 0. The van der Waals surface area contributed by atoms with Crippen LogP contribution in [0.3, 0.4) is 0 Å². The third-order valence-corrected chi connectivity index (χ3v) is 5.03. The first-order chi connectivity index (χ1) is 9.41. The molecule has 0 saturated carbocycles. The van der Waals surface area contributed by atoms with Gasteiger partial charge in [0.1, 0.15) is 5.82 Å². The van der Waals surface area contributed by atoms with E-state index in [1.807, 2.05) is 0 Å². The predicted octanol–water partition coefficient (Wildman–Crippen LogP) is 1.60. The second-order valence-electron chi connectivity index (χ2n) is 4.78. The molecule has 1 unspecified atom stereocenters. The Hall–Kier alpha value is -1.63. The number of hydrogen-bond donors (Lipinski definition) is 1. The van der Waals surface area contributed by atoms with Crippen LogP contribution in [0.4, 0.5) is 10.1 Å². The van der Waals surface area contributed by atoms with E-state index in [1.54, 1.807) is 0 Å². The lowest BCUT2D eigenvalue weighted by Gasteiger charge is -2.24. The summed E-state index contributed by atoms with van der Waals surface area (Å²) in [6.07, 6.45) is 1.22. The minimum Gasteiger partial charge on any atom is -0.465 e. The molecule has 20 heavy (non-hydrogen) atoms. The Labute approximate surface area is 117 Å². The minimum absolute atomic E-state index is 0.00980. The van der Waals surface area contributed by atoms with Crippen LogP contribution < -0.4 is 5.32 Å². The Bertz CT molecular complexity index is 615. The fourth-order valence-corrected chi connectivity index (χ4v) is 3.92. The number of halogens is 1. The number of benzene rings is 1. The first-order valence-corrected chi connectivity index (χ1v) is 8.08. The van der Waals surface area contributed by atoms with E-state index in [1.165, 1.54) is 19.2 Å². The number of sulfone groups is 1. The largest absolute Gasteiger partial charge is 0.465 e. The number of methoxy groups -OCH3 is 1. The molecule has 1 heterocycles. The standard InChI is InChI=1S/C13H16FNO4S/c1-19-13(16)11-5-4-9(14)7-12(11)15-10-3-2-6-20(17,18)8-10/h4-5,7,10,15H,2-3,6,8H2,1H3. The predicted molar refractivity (Wildman–Crippen MR) is 73.0 cm³/mol. The van der Waals surface area contributed by atoms with Crippen molar-refractivity contribution in [2.24, 2.45) is 0 Å². The van der Waals surface area contributed by atoms with Crippen molar-refractivity contribution < 1.29 is 22.3 Å². The quantitative estimate of drug-likeness (QED) is 0.859. The van der Waals surface area contributed by atoms with Crippen molar-refractivity contribution in [3.8, 4) is 0 Å². The van der Waals surface area contributed by atoms with E-state index < -0.39 is 21.6 Å². The number of rotatable bonds is 3. The second kappa shape index (κ2) is 5.78. The smallest absolute Gasteiger partial charge is 0.339 e. The van der Waals surface area contributed by atoms with Gasteiger partial charge in [0.05, 0.1) is 29.9 Å². The van der Waals surface area contributed by atoms with Gasteiger partial charge in [0.25, 0.3) is 0 Å². The molecule has 0 amide bonds. The fourth-order valence-electron chi connectivity index (χ4n) is 2.28. The number of carbonyl (C=O) groups excluding carboxylic acids is 1. The molecule has 1 aliphatic rings. The van der Waals surface area contributed by atoms with Gasteiger partial charge in [0.2, 0.25) is 0 Å². The van der Waals surface area contributed by atoms with E-state index in [0.717, 1.165) is 6.07 Å². The van der Waals surface area contributed by atoms with Crippen molar-refractivity contribution in [3.63, 3.8) is 0 Å². The summed E-state index contributed by atoms with van der Waals surface area (Å²) in [5.41, 5.74) is 0.454. The van der Waals surface area contributed by atoms with Crippen LogP contribution in [0.15, 0.2) is 18.2 Å². The third kappa shape index (κ3) is 3.47. The minimum atomic E-state index is -3.07. The number of carbonyl (C=O) groups is 1. The molecule has 0 bridgehead atoms. The van der Waals surface area contributed by atoms with Crippen molar-refractivity contribution in [2.45, 2.75) is 18.9 Å². The van der Waals surface area contributed by atoms with Crippen LogP contribution in [0.25, 0.3) is 0 Å². The molecule has 0 aromatic heterocycles. The Morgan fingerprint density at radius 1 is 1.45 bits per heavy atom. The van der Waals surface area contributed by atoms with Gasteiger partial charge in [0.15, 0.2) is 9.84 Å². The van der Waals surface area contributed by atoms with Crippen molar-refractivity contribution in [2.75, 3.05) is 23.9 Å². The van der Waals surface area contributed by atoms with Crippen molar-refractivity contribution in [3.05, 3.63) is 29.6 Å². The molecule has 1 aromatic rings. The third-order valence-electron chi connectivity index (χ3n) is 3.21. The molecule has 5 nitrogen and oxygen atoms in total. The Kier molecular flexibility index (Phi) is 4.27. The fraction of sp³-hybridized carbons (Fsp3) is 0.462. The summed E-state index contributed by atoms with van der Waals surface area (Å²) in [5.74, 6) is -0.924. The monoisotopic (exact) mass is 301 g/mol. The maximum Gasteiger partial charge on any atom is 0.339 e. The summed E-state index contributed by atoms with van der Waals surface area (Å²) in [6.45, 7) is 0. The Morgan fingerprint density at radius 2 is 2.20 bits per heavy atom. The van der Waals surface area contributed by atoms with E-state index in [2.05, 4.69) is 10.1 Å². The SMILES string of the molecule is COC(=O)c1ccc(F)cc1NC1CCCS(=O)(=O)C1. The van der Waals surface area contributed by atoms with Crippen molar-refractivity contribution >= 4 is 21.5 Å². The van der Waals surface area contributed by atoms with E-state index in [-0.39, 0.29) is 28.8 Å². The number of nitrogens with one attached hydrogen (secondary N) is 1. The highest BCUT2D eigenvalue weighted by Crippen LogP contribution is 2.22. The average Bonchev–Trinajstić information content (AvgIpc) is 2.37. The molecule has 1 fully saturated rings. The Morgan fingerprint density at radius 3 is 2.85 bits per heavy atom. The molecule has 0 aliphatic carbocycles. The molecule has 2 rings (SSSR count). The van der Waals surface area contributed by atoms with E-state index in [9.17, 15) is 17.6 Å². The summed E-state index contributed by atoms with van der Waals surface area (Å²) in [5, 5.41) is 2.94. The molecule has 1 aliphatic heterocycles. The maximum atomic E-state index is 13.3.